The summed E-state index contributed by atoms with van der Waals surface area (Å²) in [6.45, 7) is 15.4. The lowest BCUT2D eigenvalue weighted by molar-refractivity contribution is -0.144. The minimum absolute atomic E-state index is 0.0203. The minimum atomic E-state index is -0.971. The molecule has 5 rings (SSSR count). The zero-order chi connectivity index (χ0) is 35.8. The van der Waals surface area contributed by atoms with E-state index < -0.39 is 23.8 Å². The third-order valence-corrected chi connectivity index (χ3v) is 9.29. The highest BCUT2D eigenvalue weighted by Crippen LogP contribution is 2.45. The number of nitrogens with one attached hydrogen (secondary N) is 1. The van der Waals surface area contributed by atoms with Crippen molar-refractivity contribution in [3.05, 3.63) is 136 Å². The van der Waals surface area contributed by atoms with Gasteiger partial charge in [-0.3, -0.25) is 14.5 Å². The quantitative estimate of drug-likeness (QED) is 0.175. The third-order valence-electron chi connectivity index (χ3n) is 9.29. The Morgan fingerprint density at radius 2 is 1.58 bits per heavy atom. The van der Waals surface area contributed by atoms with Gasteiger partial charge in [0.25, 0.3) is 0 Å². The van der Waals surface area contributed by atoms with Crippen molar-refractivity contribution in [2.24, 2.45) is 11.8 Å². The molecule has 3 aromatic carbocycles. The molecule has 2 heterocycles. The van der Waals surface area contributed by atoms with Gasteiger partial charge in [-0.1, -0.05) is 67.2 Å². The number of carboxylic acids is 1. The zero-order valence-corrected chi connectivity index (χ0v) is 29.6. The minimum Gasteiger partial charge on any atom is -0.491 e. The summed E-state index contributed by atoms with van der Waals surface area (Å²) in [4.78, 5) is 29.2. The van der Waals surface area contributed by atoms with Crippen LogP contribution in [0.3, 0.4) is 0 Å². The monoisotopic (exact) mass is 680 g/mol. The molecule has 0 unspecified atom stereocenters. The van der Waals surface area contributed by atoms with Crippen LogP contribution in [0.2, 0.25) is 0 Å². The number of aliphatic carboxylic acids is 1. The number of hydrogen-bond acceptors (Lipinski definition) is 7. The average Bonchev–Trinajstić information content (AvgIpc) is 3.71. The summed E-state index contributed by atoms with van der Waals surface area (Å²) < 4.78 is 22.6. The molecule has 0 aliphatic carbocycles. The summed E-state index contributed by atoms with van der Waals surface area (Å²) in [6.07, 6.45) is 3.66. The molecule has 0 aromatic heterocycles. The Kier molecular flexibility index (Phi) is 12.2. The molecule has 50 heavy (non-hydrogen) atoms. The van der Waals surface area contributed by atoms with E-state index in [-0.39, 0.29) is 31.4 Å². The highest BCUT2D eigenvalue weighted by Gasteiger charge is 2.48. The molecule has 0 bridgehead atoms. The number of allylic oxidation sites excluding steroid dienone is 2. The Morgan fingerprint density at radius 1 is 0.960 bits per heavy atom. The highest BCUT2D eigenvalue weighted by molar-refractivity contribution is 5.80. The summed E-state index contributed by atoms with van der Waals surface area (Å²) in [6, 6.07) is 22.5. The van der Waals surface area contributed by atoms with Crippen LogP contribution in [0, 0.1) is 25.7 Å². The summed E-state index contributed by atoms with van der Waals surface area (Å²) in [5.74, 6) is -0.841. The standard InChI is InChI=1S/C41H48N2O7/c1-7-35-36(50-25-49-35)22-29(6)34-23-43(40(38(34)41(45)46)30-16-18-31(19-17-30)48-21-20-47-26(2)3)24-37(44)42-39(32-14-10-8-12-27(32)4)33-15-11-9-13-28(33)5/h7-19,22,26,34,38-40H,6,20-21,23-25H2,1-5H3,(H,42,44)(H,45,46)/b35-7+,36-22+/t34-,38-,40+/m1/s1. The Bertz CT molecular complexity index is 1680. The molecular weight excluding hydrogens is 632 g/mol. The molecule has 2 aliphatic rings. The van der Waals surface area contributed by atoms with Crippen LogP contribution in [0.25, 0.3) is 0 Å². The van der Waals surface area contributed by atoms with Crippen molar-refractivity contribution < 1.29 is 33.6 Å². The first-order chi connectivity index (χ1) is 24.1. The first-order valence-corrected chi connectivity index (χ1v) is 17.1. The number of carbonyl (C=O) groups excluding carboxylic acids is 1. The first-order valence-electron chi connectivity index (χ1n) is 17.1. The van der Waals surface area contributed by atoms with E-state index in [9.17, 15) is 14.7 Å². The maximum Gasteiger partial charge on any atom is 0.309 e. The van der Waals surface area contributed by atoms with Crippen molar-refractivity contribution in [3.63, 3.8) is 0 Å². The normalized spacial score (nSPS) is 20.7. The molecule has 2 saturated heterocycles. The Balaban J connectivity index is 1.45. The van der Waals surface area contributed by atoms with Crippen molar-refractivity contribution in [2.45, 2.75) is 52.8 Å². The smallest absolute Gasteiger partial charge is 0.309 e. The predicted octanol–water partition coefficient (Wildman–Crippen LogP) is 7.03. The number of carboxylic acid groups (broad SMARTS) is 1. The Labute approximate surface area is 295 Å². The van der Waals surface area contributed by atoms with Crippen LogP contribution >= 0.6 is 0 Å². The lowest BCUT2D eigenvalue weighted by atomic mass is 9.83. The van der Waals surface area contributed by atoms with Gasteiger partial charge in [-0.2, -0.15) is 0 Å². The van der Waals surface area contributed by atoms with Gasteiger partial charge in [-0.05, 0) is 92.3 Å². The van der Waals surface area contributed by atoms with Gasteiger partial charge in [0.1, 0.15) is 12.4 Å². The van der Waals surface area contributed by atoms with Gasteiger partial charge in [0, 0.05) is 18.5 Å². The largest absolute Gasteiger partial charge is 0.491 e. The first kappa shape index (κ1) is 36.4. The lowest BCUT2D eigenvalue weighted by Crippen LogP contribution is -2.40. The van der Waals surface area contributed by atoms with E-state index in [1.807, 2.05) is 112 Å². The number of nitrogens with zero attached hydrogens (tertiary/aromatic N) is 1. The summed E-state index contributed by atoms with van der Waals surface area (Å²) in [7, 11) is 0. The molecule has 264 valence electrons. The molecule has 2 N–H and O–H groups in total. The van der Waals surface area contributed by atoms with Crippen molar-refractivity contribution >= 4 is 11.9 Å². The number of aryl methyl sites for hydroxylation is 2. The van der Waals surface area contributed by atoms with E-state index in [1.54, 1.807) is 12.2 Å². The topological polar surface area (TPSA) is 107 Å². The lowest BCUT2D eigenvalue weighted by Gasteiger charge is -2.29. The van der Waals surface area contributed by atoms with Crippen LogP contribution in [0.4, 0.5) is 0 Å². The van der Waals surface area contributed by atoms with Crippen LogP contribution in [0.15, 0.2) is 109 Å². The molecule has 2 aliphatic heterocycles. The zero-order valence-electron chi connectivity index (χ0n) is 29.6. The molecule has 9 heteroatoms. The van der Waals surface area contributed by atoms with Crippen LogP contribution < -0.4 is 10.1 Å². The van der Waals surface area contributed by atoms with Gasteiger partial charge >= 0.3 is 5.97 Å². The molecule has 0 spiro atoms. The maximum atomic E-state index is 14.1. The number of hydrogen-bond donors (Lipinski definition) is 2. The number of likely N-dealkylation sites (tertiary alicyclic amines) is 1. The third kappa shape index (κ3) is 8.64. The van der Waals surface area contributed by atoms with Gasteiger partial charge in [-0.25, -0.2) is 0 Å². The fourth-order valence-electron chi connectivity index (χ4n) is 6.82. The number of carbonyl (C=O) groups is 2. The van der Waals surface area contributed by atoms with Crippen LogP contribution in [-0.4, -0.2) is 61.1 Å². The number of amides is 1. The van der Waals surface area contributed by atoms with E-state index in [1.165, 1.54) is 0 Å². The molecular formula is C41H48N2O7. The van der Waals surface area contributed by atoms with E-state index in [0.29, 0.717) is 42.6 Å². The molecule has 3 atom stereocenters. The molecule has 0 radical (unpaired) electrons. The molecule has 9 nitrogen and oxygen atoms in total. The summed E-state index contributed by atoms with van der Waals surface area (Å²) in [5.41, 5.74) is 5.49. The van der Waals surface area contributed by atoms with E-state index >= 15 is 0 Å². The number of ether oxygens (including phenoxy) is 4. The average molecular weight is 681 g/mol. The second-order valence-corrected chi connectivity index (χ2v) is 13.0. The second-order valence-electron chi connectivity index (χ2n) is 13.0. The van der Waals surface area contributed by atoms with E-state index in [4.69, 9.17) is 18.9 Å². The van der Waals surface area contributed by atoms with Crippen molar-refractivity contribution in [2.75, 3.05) is 33.1 Å². The van der Waals surface area contributed by atoms with Gasteiger partial charge < -0.3 is 29.4 Å². The SMILES string of the molecule is C=C(/C=C1/OCO/C1=C/C)[C@H]1CN(CC(=O)NC(c2ccccc2C)c2ccccc2C)[C@@H](c2ccc(OCCOC(C)C)cc2)[C@@H]1C(=O)O. The van der Waals surface area contributed by atoms with E-state index in [2.05, 4.69) is 11.9 Å². The van der Waals surface area contributed by atoms with Gasteiger partial charge in [0.05, 0.1) is 31.2 Å². The van der Waals surface area contributed by atoms with Crippen LogP contribution in [-0.2, 0) is 23.8 Å². The Morgan fingerprint density at radius 3 is 2.16 bits per heavy atom. The number of benzene rings is 3. The van der Waals surface area contributed by atoms with Gasteiger partial charge in [0.2, 0.25) is 12.7 Å². The van der Waals surface area contributed by atoms with Crippen molar-refractivity contribution in [1.29, 1.82) is 0 Å². The maximum absolute atomic E-state index is 14.1. The summed E-state index contributed by atoms with van der Waals surface area (Å²) in [5, 5.41) is 14.0. The van der Waals surface area contributed by atoms with Crippen molar-refractivity contribution in [1.82, 2.24) is 10.2 Å². The predicted molar refractivity (Wildman–Crippen MR) is 192 cm³/mol. The van der Waals surface area contributed by atoms with E-state index in [0.717, 1.165) is 27.8 Å². The molecule has 1 amide bonds. The molecule has 0 saturated carbocycles. The second kappa shape index (κ2) is 16.7. The fourth-order valence-corrected chi connectivity index (χ4v) is 6.82. The van der Waals surface area contributed by atoms with Gasteiger partial charge in [-0.15, -0.1) is 0 Å². The van der Waals surface area contributed by atoms with Crippen LogP contribution in [0.5, 0.6) is 5.75 Å². The van der Waals surface area contributed by atoms with Crippen molar-refractivity contribution in [3.8, 4) is 5.75 Å². The molecule has 2 fully saturated rings. The Hall–Kier alpha value is -4.86. The van der Waals surface area contributed by atoms with Crippen LogP contribution in [0.1, 0.15) is 60.7 Å². The van der Waals surface area contributed by atoms with Gasteiger partial charge in [0.15, 0.2) is 11.5 Å². The fraction of sp³-hybridized carbons (Fsp3) is 0.366. The summed E-state index contributed by atoms with van der Waals surface area (Å²) >= 11 is 0. The highest BCUT2D eigenvalue weighted by atomic mass is 16.7. The molecule has 3 aromatic rings. The number of rotatable bonds is 14.